The maximum absolute atomic E-state index is 13.1. The Kier molecular flexibility index (Phi) is 8.97. The van der Waals surface area contributed by atoms with Gasteiger partial charge >= 0.3 is 12.1 Å². The number of nitriles is 1. The van der Waals surface area contributed by atoms with E-state index >= 15 is 0 Å². The van der Waals surface area contributed by atoms with E-state index in [1.807, 2.05) is 30.3 Å². The van der Waals surface area contributed by atoms with E-state index in [0.29, 0.717) is 11.1 Å². The molecule has 3 N–H and O–H groups in total. The van der Waals surface area contributed by atoms with Crippen molar-refractivity contribution in [2.24, 2.45) is 0 Å². The number of carboxylic acid groups (broad SMARTS) is 1. The molecule has 0 bridgehead atoms. The third kappa shape index (κ3) is 8.02. The Bertz CT molecular complexity index is 1190. The highest BCUT2D eigenvalue weighted by Gasteiger charge is 2.27. The Balaban J connectivity index is 1.70. The number of amides is 2. The van der Waals surface area contributed by atoms with E-state index in [9.17, 15) is 19.5 Å². The molecule has 0 aliphatic rings. The Morgan fingerprint density at radius 1 is 0.800 bits per heavy atom. The van der Waals surface area contributed by atoms with Crippen LogP contribution >= 0.6 is 0 Å². The standard InChI is InChI=1S/C27H25N3O5/c28-17-22-13-7-12-21(14-22)16-24(26(32)33)29-25(31)23(15-19-8-3-1-4-9-19)30-27(34)35-18-20-10-5-2-6-11-20/h1-14,23-24H,15-16,18H2,(H,29,31)(H,30,34)(H,32,33)/t23-,24-/m1/s1. The largest absolute Gasteiger partial charge is 0.480 e. The van der Waals surface area contributed by atoms with Crippen molar-refractivity contribution in [3.05, 3.63) is 107 Å². The van der Waals surface area contributed by atoms with Gasteiger partial charge in [0.1, 0.15) is 18.7 Å². The molecular weight excluding hydrogens is 446 g/mol. The van der Waals surface area contributed by atoms with Gasteiger partial charge in [-0.2, -0.15) is 5.26 Å². The fraction of sp³-hybridized carbons (Fsp3) is 0.185. The molecule has 3 rings (SSSR count). The molecular formula is C27H25N3O5. The molecule has 0 aliphatic carbocycles. The summed E-state index contributed by atoms with van der Waals surface area (Å²) in [7, 11) is 0. The summed E-state index contributed by atoms with van der Waals surface area (Å²) in [5.74, 6) is -1.89. The lowest BCUT2D eigenvalue weighted by Gasteiger charge is -2.21. The smallest absolute Gasteiger partial charge is 0.408 e. The molecule has 0 fully saturated rings. The van der Waals surface area contributed by atoms with Crippen LogP contribution in [0.1, 0.15) is 22.3 Å². The summed E-state index contributed by atoms with van der Waals surface area (Å²) in [5.41, 5.74) is 2.55. The molecule has 178 valence electrons. The van der Waals surface area contributed by atoms with Gasteiger partial charge in [0.15, 0.2) is 0 Å². The lowest BCUT2D eigenvalue weighted by molar-refractivity contribution is -0.142. The SMILES string of the molecule is N#Cc1cccc(C[C@@H](NC(=O)[C@@H](Cc2ccccc2)NC(=O)OCc2ccccc2)C(=O)O)c1. The number of ether oxygens (including phenoxy) is 1. The van der Waals surface area contributed by atoms with E-state index in [1.54, 1.807) is 60.7 Å². The molecule has 8 heteroatoms. The molecule has 0 aliphatic heterocycles. The first kappa shape index (κ1) is 25.0. The number of alkyl carbamates (subject to hydrolysis) is 1. The number of nitrogens with one attached hydrogen (secondary N) is 2. The molecule has 0 heterocycles. The van der Waals surface area contributed by atoms with Crippen LogP contribution in [0, 0.1) is 11.3 Å². The van der Waals surface area contributed by atoms with Crippen molar-refractivity contribution in [3.8, 4) is 6.07 Å². The number of nitrogens with zero attached hydrogens (tertiary/aromatic N) is 1. The zero-order chi connectivity index (χ0) is 25.0. The number of rotatable bonds is 10. The molecule has 8 nitrogen and oxygen atoms in total. The van der Waals surface area contributed by atoms with Crippen LogP contribution in [0.3, 0.4) is 0 Å². The molecule has 0 saturated heterocycles. The highest BCUT2D eigenvalue weighted by Crippen LogP contribution is 2.10. The van der Waals surface area contributed by atoms with Crippen molar-refractivity contribution in [1.82, 2.24) is 10.6 Å². The summed E-state index contributed by atoms with van der Waals surface area (Å²) >= 11 is 0. The van der Waals surface area contributed by atoms with Crippen molar-refractivity contribution in [2.45, 2.75) is 31.5 Å². The minimum absolute atomic E-state index is 0.0207. The van der Waals surface area contributed by atoms with Crippen LogP contribution in [0.5, 0.6) is 0 Å². The quantitative estimate of drug-likeness (QED) is 0.417. The van der Waals surface area contributed by atoms with Gasteiger partial charge in [0.2, 0.25) is 5.91 Å². The van der Waals surface area contributed by atoms with Gasteiger partial charge in [-0.15, -0.1) is 0 Å². The van der Waals surface area contributed by atoms with Crippen LogP contribution in [-0.2, 0) is 33.8 Å². The first-order chi connectivity index (χ1) is 16.9. The zero-order valence-corrected chi connectivity index (χ0v) is 18.9. The van der Waals surface area contributed by atoms with Crippen molar-refractivity contribution in [2.75, 3.05) is 0 Å². The summed E-state index contributed by atoms with van der Waals surface area (Å²) in [6.07, 6.45) is -0.672. The molecule has 0 spiro atoms. The van der Waals surface area contributed by atoms with Gasteiger partial charge in [-0.25, -0.2) is 9.59 Å². The van der Waals surface area contributed by atoms with Gasteiger partial charge in [-0.1, -0.05) is 72.8 Å². The van der Waals surface area contributed by atoms with E-state index in [4.69, 9.17) is 10.00 Å². The predicted octanol–water partition coefficient (Wildman–Crippen LogP) is 3.21. The lowest BCUT2D eigenvalue weighted by atomic mass is 10.0. The monoisotopic (exact) mass is 471 g/mol. The number of carbonyl (C=O) groups is 3. The summed E-state index contributed by atoms with van der Waals surface area (Å²) in [6, 6.07) is 24.4. The van der Waals surface area contributed by atoms with Crippen LogP contribution in [0.2, 0.25) is 0 Å². The second kappa shape index (κ2) is 12.6. The highest BCUT2D eigenvalue weighted by atomic mass is 16.5. The Morgan fingerprint density at radius 3 is 2.03 bits per heavy atom. The van der Waals surface area contributed by atoms with Crippen LogP contribution in [0.4, 0.5) is 4.79 Å². The minimum Gasteiger partial charge on any atom is -0.480 e. The first-order valence-corrected chi connectivity index (χ1v) is 11.0. The molecule has 3 aromatic carbocycles. The van der Waals surface area contributed by atoms with Crippen molar-refractivity contribution in [3.63, 3.8) is 0 Å². The van der Waals surface area contributed by atoms with E-state index in [0.717, 1.165) is 11.1 Å². The maximum Gasteiger partial charge on any atom is 0.408 e. The van der Waals surface area contributed by atoms with Gasteiger partial charge in [-0.05, 0) is 28.8 Å². The average molecular weight is 472 g/mol. The van der Waals surface area contributed by atoms with Crippen molar-refractivity contribution >= 4 is 18.0 Å². The van der Waals surface area contributed by atoms with Crippen LogP contribution in [0.15, 0.2) is 84.9 Å². The third-order valence-corrected chi connectivity index (χ3v) is 5.21. The first-order valence-electron chi connectivity index (χ1n) is 11.0. The van der Waals surface area contributed by atoms with E-state index < -0.39 is 30.1 Å². The molecule has 0 aromatic heterocycles. The summed E-state index contributed by atoms with van der Waals surface area (Å²) in [4.78, 5) is 37.4. The molecule has 0 saturated carbocycles. The molecule has 0 radical (unpaired) electrons. The third-order valence-electron chi connectivity index (χ3n) is 5.21. The number of aliphatic carboxylic acids is 1. The van der Waals surface area contributed by atoms with E-state index in [1.165, 1.54) is 0 Å². The predicted molar refractivity (Wildman–Crippen MR) is 128 cm³/mol. The number of hydrogen-bond acceptors (Lipinski definition) is 5. The molecule has 35 heavy (non-hydrogen) atoms. The number of carbonyl (C=O) groups excluding carboxylic acids is 2. The molecule has 2 atom stereocenters. The number of hydrogen-bond donors (Lipinski definition) is 3. The summed E-state index contributed by atoms with van der Waals surface area (Å²) in [6.45, 7) is 0.0271. The van der Waals surface area contributed by atoms with Crippen molar-refractivity contribution < 1.29 is 24.2 Å². The summed E-state index contributed by atoms with van der Waals surface area (Å²) < 4.78 is 5.24. The maximum atomic E-state index is 13.1. The molecule has 2 amide bonds. The minimum atomic E-state index is -1.25. The average Bonchev–Trinajstić information content (AvgIpc) is 2.88. The zero-order valence-electron chi connectivity index (χ0n) is 18.9. The van der Waals surface area contributed by atoms with E-state index in [-0.39, 0.29) is 19.4 Å². The fourth-order valence-corrected chi connectivity index (χ4v) is 3.44. The van der Waals surface area contributed by atoms with Gasteiger partial charge in [0.05, 0.1) is 11.6 Å². The Labute approximate surface area is 203 Å². The normalized spacial score (nSPS) is 12.0. The van der Waals surface area contributed by atoms with E-state index in [2.05, 4.69) is 10.6 Å². The van der Waals surface area contributed by atoms with Crippen LogP contribution < -0.4 is 10.6 Å². The van der Waals surface area contributed by atoms with Crippen molar-refractivity contribution in [1.29, 1.82) is 5.26 Å². The molecule has 0 unspecified atom stereocenters. The topological polar surface area (TPSA) is 129 Å². The fourth-order valence-electron chi connectivity index (χ4n) is 3.44. The highest BCUT2D eigenvalue weighted by molar-refractivity contribution is 5.89. The van der Waals surface area contributed by atoms with Gasteiger partial charge in [0, 0.05) is 12.8 Å². The number of carboxylic acids is 1. The lowest BCUT2D eigenvalue weighted by Crippen LogP contribution is -2.53. The second-order valence-corrected chi connectivity index (χ2v) is 7.86. The van der Waals surface area contributed by atoms with Gasteiger partial charge < -0.3 is 20.5 Å². The Morgan fingerprint density at radius 2 is 1.40 bits per heavy atom. The second-order valence-electron chi connectivity index (χ2n) is 7.86. The van der Waals surface area contributed by atoms with Gasteiger partial charge in [0.25, 0.3) is 0 Å². The van der Waals surface area contributed by atoms with Crippen LogP contribution in [0.25, 0.3) is 0 Å². The Hall–Kier alpha value is -4.64. The van der Waals surface area contributed by atoms with Crippen LogP contribution in [-0.4, -0.2) is 35.2 Å². The number of benzene rings is 3. The van der Waals surface area contributed by atoms with Gasteiger partial charge in [-0.3, -0.25) is 4.79 Å². The summed E-state index contributed by atoms with van der Waals surface area (Å²) in [5, 5.41) is 23.8. The molecule has 3 aromatic rings.